The van der Waals surface area contributed by atoms with Gasteiger partial charge in [0.2, 0.25) is 11.8 Å². The van der Waals surface area contributed by atoms with Gasteiger partial charge >= 0.3 is 0 Å². The molecule has 4 aliphatic rings. The molecule has 3 heterocycles. The van der Waals surface area contributed by atoms with E-state index in [0.717, 1.165) is 63.1 Å². The molecular formula is C24H34FN5O2. The summed E-state index contributed by atoms with van der Waals surface area (Å²) >= 11 is 0. The number of hydrogen-bond donors (Lipinski definition) is 2. The Morgan fingerprint density at radius 2 is 2.03 bits per heavy atom. The van der Waals surface area contributed by atoms with E-state index in [1.54, 1.807) is 6.07 Å². The zero-order valence-electron chi connectivity index (χ0n) is 19.1. The third kappa shape index (κ3) is 4.10. The van der Waals surface area contributed by atoms with Gasteiger partial charge in [0.25, 0.3) is 0 Å². The fourth-order valence-corrected chi connectivity index (χ4v) is 6.10. The van der Waals surface area contributed by atoms with Gasteiger partial charge in [-0.15, -0.1) is 0 Å². The van der Waals surface area contributed by atoms with Gasteiger partial charge in [0.15, 0.2) is 0 Å². The molecule has 3 fully saturated rings. The fourth-order valence-electron chi connectivity index (χ4n) is 6.10. The Balaban J connectivity index is 1.17. The summed E-state index contributed by atoms with van der Waals surface area (Å²) in [5.74, 6) is -0.0269. The van der Waals surface area contributed by atoms with Gasteiger partial charge in [-0.25, -0.2) is 4.39 Å². The summed E-state index contributed by atoms with van der Waals surface area (Å²) in [7, 11) is 2.02. The lowest BCUT2D eigenvalue weighted by molar-refractivity contribution is -0.143. The molecular weight excluding hydrogens is 409 g/mol. The summed E-state index contributed by atoms with van der Waals surface area (Å²) in [6.07, 6.45) is 4.55. The van der Waals surface area contributed by atoms with E-state index < -0.39 is 6.04 Å². The second-order valence-corrected chi connectivity index (χ2v) is 10.1. The molecule has 3 aliphatic heterocycles. The summed E-state index contributed by atoms with van der Waals surface area (Å²) in [5.41, 5.74) is 2.37. The van der Waals surface area contributed by atoms with E-state index in [9.17, 15) is 14.0 Å². The number of amides is 2. The summed E-state index contributed by atoms with van der Waals surface area (Å²) in [6.45, 7) is 6.03. The number of halogens is 1. The number of nitrogens with zero attached hydrogens (tertiary/aromatic N) is 3. The van der Waals surface area contributed by atoms with Crippen LogP contribution in [0.5, 0.6) is 0 Å². The predicted octanol–water partition coefficient (Wildman–Crippen LogP) is 1.36. The number of piperazine rings is 2. The largest absolute Gasteiger partial charge is 0.373 e. The van der Waals surface area contributed by atoms with Crippen LogP contribution in [0, 0.1) is 12.7 Å². The smallest absolute Gasteiger partial charge is 0.243 e. The van der Waals surface area contributed by atoms with E-state index in [0.29, 0.717) is 24.6 Å². The number of aryl methyl sites for hydroxylation is 1. The molecule has 32 heavy (non-hydrogen) atoms. The maximum Gasteiger partial charge on any atom is 0.243 e. The van der Waals surface area contributed by atoms with Crippen molar-refractivity contribution in [1.82, 2.24) is 20.0 Å². The van der Waals surface area contributed by atoms with Crippen molar-refractivity contribution in [2.75, 3.05) is 45.1 Å². The van der Waals surface area contributed by atoms with E-state index in [-0.39, 0.29) is 29.7 Å². The molecule has 1 saturated carbocycles. The molecule has 8 heteroatoms. The van der Waals surface area contributed by atoms with Crippen molar-refractivity contribution < 1.29 is 14.0 Å². The zero-order chi connectivity index (χ0) is 22.4. The standard InChI is InChI=1S/C24H34FN5O2/c1-15-6-7-20(25)19-11-21(27-23(15)19)24(32)26-16-4-3-5-17(10-16)29-8-9-30-18(13-29)12-28(2)14-22(30)31/h6-7,16-18,21,27H,3-5,8-14H2,1-2H3,(H,26,32)/t16-,17-,18+,21?/m1/s1. The lowest BCUT2D eigenvalue weighted by atomic mass is 9.88. The third-order valence-electron chi connectivity index (χ3n) is 7.78. The van der Waals surface area contributed by atoms with Crippen LogP contribution >= 0.6 is 0 Å². The monoisotopic (exact) mass is 443 g/mol. The van der Waals surface area contributed by atoms with E-state index in [4.69, 9.17) is 0 Å². The molecule has 1 aromatic rings. The second-order valence-electron chi connectivity index (χ2n) is 10.1. The van der Waals surface area contributed by atoms with Crippen molar-refractivity contribution >= 4 is 17.5 Å². The second kappa shape index (κ2) is 8.63. The maximum absolute atomic E-state index is 14.2. The van der Waals surface area contributed by atoms with Crippen molar-refractivity contribution in [3.05, 3.63) is 29.1 Å². The van der Waals surface area contributed by atoms with Crippen LogP contribution in [0.2, 0.25) is 0 Å². The molecule has 1 aliphatic carbocycles. The molecule has 1 aromatic carbocycles. The Morgan fingerprint density at radius 1 is 1.19 bits per heavy atom. The molecule has 2 saturated heterocycles. The Morgan fingerprint density at radius 3 is 2.84 bits per heavy atom. The number of carbonyl (C=O) groups is 2. The summed E-state index contributed by atoms with van der Waals surface area (Å²) in [5, 5.41) is 6.49. The first-order chi connectivity index (χ1) is 15.4. The first-order valence-corrected chi connectivity index (χ1v) is 12.0. The van der Waals surface area contributed by atoms with E-state index in [1.807, 2.05) is 14.0 Å². The van der Waals surface area contributed by atoms with Gasteiger partial charge in [0.05, 0.1) is 12.6 Å². The van der Waals surface area contributed by atoms with Gasteiger partial charge in [-0.05, 0) is 51.3 Å². The number of hydrogen-bond acceptors (Lipinski definition) is 5. The number of anilines is 1. The van der Waals surface area contributed by atoms with Gasteiger partial charge in [0, 0.05) is 55.9 Å². The minimum Gasteiger partial charge on any atom is -0.373 e. The van der Waals surface area contributed by atoms with Gasteiger partial charge in [-0.3, -0.25) is 19.4 Å². The Bertz CT molecular complexity index is 878. The Labute approximate surface area is 189 Å². The molecule has 0 radical (unpaired) electrons. The molecule has 2 N–H and O–H groups in total. The van der Waals surface area contributed by atoms with Crippen molar-refractivity contribution in [3.63, 3.8) is 0 Å². The lowest BCUT2D eigenvalue weighted by Gasteiger charge is -2.49. The fraction of sp³-hybridized carbons (Fsp3) is 0.667. The zero-order valence-corrected chi connectivity index (χ0v) is 19.1. The SMILES string of the molecule is Cc1ccc(F)c2c1NC(C(=O)N[C@@H]1CCC[C@@H](N3CCN4C(=O)CN(C)C[C@H]4C3)C1)C2. The highest BCUT2D eigenvalue weighted by atomic mass is 19.1. The highest BCUT2D eigenvalue weighted by Gasteiger charge is 2.39. The third-order valence-corrected chi connectivity index (χ3v) is 7.78. The first-order valence-electron chi connectivity index (χ1n) is 12.0. The van der Waals surface area contributed by atoms with Gasteiger partial charge in [0.1, 0.15) is 11.9 Å². The average molecular weight is 444 g/mol. The lowest BCUT2D eigenvalue weighted by Crippen LogP contribution is -2.65. The van der Waals surface area contributed by atoms with Crippen molar-refractivity contribution in [1.29, 1.82) is 0 Å². The van der Waals surface area contributed by atoms with Crippen LogP contribution in [0.3, 0.4) is 0 Å². The molecule has 0 spiro atoms. The normalized spacial score (nSPS) is 31.1. The molecule has 0 bridgehead atoms. The van der Waals surface area contributed by atoms with Gasteiger partial charge in [-0.2, -0.15) is 0 Å². The van der Waals surface area contributed by atoms with Crippen LogP contribution in [-0.4, -0.2) is 90.5 Å². The Hall–Kier alpha value is -2.19. The minimum atomic E-state index is -0.409. The number of benzene rings is 1. The van der Waals surface area contributed by atoms with Crippen LogP contribution in [0.4, 0.5) is 10.1 Å². The molecule has 2 amide bonds. The number of fused-ring (bicyclic) bond motifs is 2. The van der Waals surface area contributed by atoms with Crippen molar-refractivity contribution in [3.8, 4) is 0 Å². The van der Waals surface area contributed by atoms with Crippen LogP contribution in [-0.2, 0) is 16.0 Å². The summed E-state index contributed by atoms with van der Waals surface area (Å²) in [4.78, 5) is 32.0. The summed E-state index contributed by atoms with van der Waals surface area (Å²) < 4.78 is 14.2. The highest BCUT2D eigenvalue weighted by Crippen LogP contribution is 2.32. The van der Waals surface area contributed by atoms with Crippen LogP contribution in [0.1, 0.15) is 36.8 Å². The molecule has 7 nitrogen and oxygen atoms in total. The number of nitrogens with one attached hydrogen (secondary N) is 2. The number of rotatable bonds is 3. The van der Waals surface area contributed by atoms with Crippen LogP contribution in [0.15, 0.2) is 12.1 Å². The molecule has 0 aromatic heterocycles. The van der Waals surface area contributed by atoms with Crippen molar-refractivity contribution in [2.24, 2.45) is 0 Å². The van der Waals surface area contributed by atoms with E-state index in [2.05, 4.69) is 25.3 Å². The van der Waals surface area contributed by atoms with Gasteiger partial charge < -0.3 is 15.5 Å². The molecule has 4 atom stereocenters. The van der Waals surface area contributed by atoms with Crippen LogP contribution < -0.4 is 10.6 Å². The topological polar surface area (TPSA) is 67.9 Å². The Kier molecular flexibility index (Phi) is 5.84. The number of likely N-dealkylation sites (N-methyl/N-ethyl adjacent to an activating group) is 1. The first kappa shape index (κ1) is 21.6. The van der Waals surface area contributed by atoms with Crippen LogP contribution in [0.25, 0.3) is 0 Å². The molecule has 174 valence electrons. The highest BCUT2D eigenvalue weighted by molar-refractivity contribution is 5.88. The summed E-state index contributed by atoms with van der Waals surface area (Å²) in [6, 6.07) is 3.68. The van der Waals surface area contributed by atoms with E-state index >= 15 is 0 Å². The maximum atomic E-state index is 14.2. The van der Waals surface area contributed by atoms with Gasteiger partial charge in [-0.1, -0.05) is 6.07 Å². The molecule has 1 unspecified atom stereocenters. The van der Waals surface area contributed by atoms with E-state index in [1.165, 1.54) is 6.07 Å². The minimum absolute atomic E-state index is 0.0324. The number of carbonyl (C=O) groups excluding carboxylic acids is 2. The quantitative estimate of drug-likeness (QED) is 0.739. The van der Waals surface area contributed by atoms with Crippen molar-refractivity contribution in [2.45, 2.75) is 63.2 Å². The predicted molar refractivity (Wildman–Crippen MR) is 121 cm³/mol. The average Bonchev–Trinajstić information content (AvgIpc) is 3.23. The molecule has 5 rings (SSSR count).